The van der Waals surface area contributed by atoms with Gasteiger partial charge in [0.1, 0.15) is 0 Å². The van der Waals surface area contributed by atoms with Crippen molar-refractivity contribution >= 4 is 11.8 Å². The van der Waals surface area contributed by atoms with Crippen molar-refractivity contribution in [3.8, 4) is 0 Å². The van der Waals surface area contributed by atoms with E-state index in [1.54, 1.807) is 18.7 Å². The van der Waals surface area contributed by atoms with Gasteiger partial charge >= 0.3 is 0 Å². The first-order valence-corrected chi connectivity index (χ1v) is 7.27. The van der Waals surface area contributed by atoms with Crippen LogP contribution < -0.4 is 5.73 Å². The zero-order valence-electron chi connectivity index (χ0n) is 11.5. The van der Waals surface area contributed by atoms with Crippen molar-refractivity contribution in [3.63, 3.8) is 0 Å². The van der Waals surface area contributed by atoms with Crippen molar-refractivity contribution in [2.75, 3.05) is 0 Å². The Balaban J connectivity index is 2.29. The van der Waals surface area contributed by atoms with E-state index in [9.17, 15) is 0 Å². The van der Waals surface area contributed by atoms with E-state index >= 15 is 0 Å². The number of nitrogens with zero attached hydrogens (tertiary/aromatic N) is 2. The Morgan fingerprint density at radius 3 is 2.58 bits per heavy atom. The molecule has 0 amide bonds. The molecule has 2 N–H and O–H groups in total. The van der Waals surface area contributed by atoms with Gasteiger partial charge in [-0.2, -0.15) is 0 Å². The molecule has 1 aromatic carbocycles. The number of aromatic nitrogens is 2. The average molecular weight is 277 g/mol. The number of hydrogen-bond acceptors (Lipinski definition) is 5. The topological polar surface area (TPSA) is 64.9 Å². The molecule has 0 aliphatic heterocycles. The van der Waals surface area contributed by atoms with Crippen molar-refractivity contribution in [2.45, 2.75) is 43.7 Å². The maximum absolute atomic E-state index is 6.26. The lowest BCUT2D eigenvalue weighted by Gasteiger charge is -2.22. The maximum Gasteiger partial charge on any atom is 0.277 e. The summed E-state index contributed by atoms with van der Waals surface area (Å²) in [5.74, 6) is 0.580. The minimum atomic E-state index is 0.0540. The van der Waals surface area contributed by atoms with E-state index < -0.39 is 0 Å². The summed E-state index contributed by atoms with van der Waals surface area (Å²) in [6, 6.07) is 8.35. The third kappa shape index (κ3) is 3.36. The largest absolute Gasteiger partial charge is 0.416 e. The number of rotatable bonds is 5. The first-order valence-electron chi connectivity index (χ1n) is 6.39. The van der Waals surface area contributed by atoms with Crippen LogP contribution in [-0.4, -0.2) is 16.2 Å². The number of thioether (sulfide) groups is 1. The summed E-state index contributed by atoms with van der Waals surface area (Å²) in [6.07, 6.45) is 0.902. The Morgan fingerprint density at radius 1 is 1.26 bits per heavy atom. The molecule has 0 bridgehead atoms. The molecular formula is C14H19N3OS. The summed E-state index contributed by atoms with van der Waals surface area (Å²) >= 11 is 1.54. The van der Waals surface area contributed by atoms with Gasteiger partial charge in [-0.25, -0.2) is 0 Å². The van der Waals surface area contributed by atoms with Gasteiger partial charge in [0, 0.05) is 13.0 Å². The monoisotopic (exact) mass is 277 g/mol. The van der Waals surface area contributed by atoms with Crippen LogP contribution in [0.2, 0.25) is 0 Å². The van der Waals surface area contributed by atoms with Crippen LogP contribution in [0.15, 0.2) is 33.9 Å². The molecule has 5 heteroatoms. The molecule has 0 saturated carbocycles. The lowest BCUT2D eigenvalue weighted by molar-refractivity contribution is 0.427. The molecule has 0 radical (unpaired) electrons. The molecule has 2 rings (SSSR count). The molecule has 0 saturated heterocycles. The van der Waals surface area contributed by atoms with Crippen LogP contribution in [-0.2, 0) is 0 Å². The van der Waals surface area contributed by atoms with Crippen LogP contribution in [0.25, 0.3) is 0 Å². The second-order valence-electron chi connectivity index (χ2n) is 4.55. The van der Waals surface area contributed by atoms with Crippen molar-refractivity contribution < 1.29 is 4.42 Å². The standard InChI is InChI=1S/C14H19N3OS/c1-4-12(15)13(11-8-6-5-7-9(11)2)19-14-17-16-10(3)18-14/h5-8,12-13H,4,15H2,1-3H3. The molecule has 2 atom stereocenters. The van der Waals surface area contributed by atoms with Crippen LogP contribution in [0.5, 0.6) is 0 Å². The second kappa shape index (κ2) is 6.21. The van der Waals surface area contributed by atoms with Gasteiger partial charge in [-0.05, 0) is 24.5 Å². The smallest absolute Gasteiger partial charge is 0.277 e. The predicted molar refractivity (Wildman–Crippen MR) is 77.1 cm³/mol. The highest BCUT2D eigenvalue weighted by atomic mass is 32.2. The summed E-state index contributed by atoms with van der Waals surface area (Å²) in [5, 5.41) is 8.62. The van der Waals surface area contributed by atoms with Crippen LogP contribution in [0.3, 0.4) is 0 Å². The lowest BCUT2D eigenvalue weighted by Crippen LogP contribution is -2.26. The molecule has 2 aromatic rings. The zero-order valence-corrected chi connectivity index (χ0v) is 12.3. The van der Waals surface area contributed by atoms with Crippen LogP contribution in [0.4, 0.5) is 0 Å². The Hall–Kier alpha value is -1.33. The second-order valence-corrected chi connectivity index (χ2v) is 5.65. The Kier molecular flexibility index (Phi) is 4.61. The fourth-order valence-electron chi connectivity index (χ4n) is 1.94. The Morgan fingerprint density at radius 2 is 2.00 bits per heavy atom. The fraction of sp³-hybridized carbons (Fsp3) is 0.429. The van der Waals surface area contributed by atoms with E-state index in [4.69, 9.17) is 10.2 Å². The minimum absolute atomic E-state index is 0.0540. The highest BCUT2D eigenvalue weighted by Gasteiger charge is 2.23. The molecule has 0 spiro atoms. The normalized spacial score (nSPS) is 14.3. The number of benzene rings is 1. The van der Waals surface area contributed by atoms with Gasteiger partial charge in [-0.15, -0.1) is 10.2 Å². The third-order valence-corrected chi connectivity index (χ3v) is 4.31. The van der Waals surface area contributed by atoms with Gasteiger partial charge < -0.3 is 10.2 Å². The molecule has 0 aliphatic rings. The van der Waals surface area contributed by atoms with E-state index in [-0.39, 0.29) is 11.3 Å². The maximum atomic E-state index is 6.26. The summed E-state index contributed by atoms with van der Waals surface area (Å²) in [7, 11) is 0. The zero-order chi connectivity index (χ0) is 13.8. The van der Waals surface area contributed by atoms with Gasteiger partial charge in [0.15, 0.2) is 0 Å². The third-order valence-electron chi connectivity index (χ3n) is 3.09. The Bertz CT molecular complexity index is 541. The van der Waals surface area contributed by atoms with Crippen molar-refractivity contribution in [3.05, 3.63) is 41.3 Å². The lowest BCUT2D eigenvalue weighted by atomic mass is 10.00. The molecule has 102 valence electrons. The highest BCUT2D eigenvalue weighted by Crippen LogP contribution is 2.38. The summed E-state index contributed by atoms with van der Waals surface area (Å²) in [6.45, 7) is 5.99. The SMILES string of the molecule is CCC(N)C(Sc1nnc(C)o1)c1ccccc1C. The number of aryl methyl sites for hydroxylation is 2. The predicted octanol–water partition coefficient (Wildman–Crippen LogP) is 3.26. The summed E-state index contributed by atoms with van der Waals surface area (Å²) in [5.41, 5.74) is 8.73. The van der Waals surface area contributed by atoms with E-state index in [2.05, 4.69) is 36.2 Å². The molecular weight excluding hydrogens is 258 g/mol. The van der Waals surface area contributed by atoms with Gasteiger partial charge in [0.05, 0.1) is 5.25 Å². The molecule has 19 heavy (non-hydrogen) atoms. The van der Waals surface area contributed by atoms with Gasteiger partial charge in [-0.3, -0.25) is 0 Å². The number of hydrogen-bond donors (Lipinski definition) is 1. The molecule has 0 fully saturated rings. The van der Waals surface area contributed by atoms with Crippen molar-refractivity contribution in [1.82, 2.24) is 10.2 Å². The van der Waals surface area contributed by atoms with Crippen LogP contribution in [0, 0.1) is 13.8 Å². The minimum Gasteiger partial charge on any atom is -0.416 e. The Labute approximate surface area is 117 Å². The van der Waals surface area contributed by atoms with Gasteiger partial charge in [0.2, 0.25) is 5.89 Å². The average Bonchev–Trinajstić information content (AvgIpc) is 2.82. The first kappa shape index (κ1) is 14.1. The van der Waals surface area contributed by atoms with Gasteiger partial charge in [-0.1, -0.05) is 43.0 Å². The molecule has 1 heterocycles. The van der Waals surface area contributed by atoms with E-state index in [0.717, 1.165) is 6.42 Å². The van der Waals surface area contributed by atoms with Crippen LogP contribution >= 0.6 is 11.8 Å². The van der Waals surface area contributed by atoms with E-state index in [0.29, 0.717) is 11.1 Å². The van der Waals surface area contributed by atoms with Gasteiger partial charge in [0.25, 0.3) is 5.22 Å². The van der Waals surface area contributed by atoms with Crippen LogP contribution in [0.1, 0.15) is 35.6 Å². The molecule has 2 unspecified atom stereocenters. The fourth-order valence-corrected chi connectivity index (χ4v) is 3.17. The molecule has 4 nitrogen and oxygen atoms in total. The quantitative estimate of drug-likeness (QED) is 0.850. The number of nitrogens with two attached hydrogens (primary N) is 1. The van der Waals surface area contributed by atoms with Crippen molar-refractivity contribution in [2.24, 2.45) is 5.73 Å². The van der Waals surface area contributed by atoms with E-state index in [1.807, 2.05) is 12.1 Å². The summed E-state index contributed by atoms with van der Waals surface area (Å²) in [4.78, 5) is 0. The molecule has 1 aromatic heterocycles. The first-order chi connectivity index (χ1) is 9.11. The highest BCUT2D eigenvalue weighted by molar-refractivity contribution is 7.99. The van der Waals surface area contributed by atoms with Crippen molar-refractivity contribution in [1.29, 1.82) is 0 Å². The summed E-state index contributed by atoms with van der Waals surface area (Å²) < 4.78 is 5.46. The molecule has 0 aliphatic carbocycles. The van der Waals surface area contributed by atoms with E-state index in [1.165, 1.54) is 11.1 Å².